The Bertz CT molecular complexity index is 3680. The van der Waals surface area contributed by atoms with Gasteiger partial charge in [0.05, 0.1) is 56.2 Å². The fourth-order valence-electron chi connectivity index (χ4n) is 9.72. The average molecular weight is 870 g/mol. The summed E-state index contributed by atoms with van der Waals surface area (Å²) in [6.07, 6.45) is 0. The van der Waals surface area contributed by atoms with Crippen LogP contribution in [0.5, 0.6) is 0 Å². The molecule has 68 heavy (non-hydrogen) atoms. The van der Waals surface area contributed by atoms with Gasteiger partial charge in [-0.25, -0.2) is 24.9 Å². The molecule has 0 aliphatic heterocycles. The molecule has 0 unspecified atom stereocenters. The highest BCUT2D eigenvalue weighted by molar-refractivity contribution is 6.10. The van der Waals surface area contributed by atoms with Gasteiger partial charge in [0.2, 0.25) is 0 Å². The Hall–Kier alpha value is -9.33. The van der Waals surface area contributed by atoms with Crippen LogP contribution in [0, 0.1) is 0 Å². The maximum atomic E-state index is 5.48. The Morgan fingerprint density at radius 1 is 0.250 bits per heavy atom. The van der Waals surface area contributed by atoms with Gasteiger partial charge in [0, 0.05) is 43.8 Å². The number of benzene rings is 7. The van der Waals surface area contributed by atoms with E-state index in [0.717, 1.165) is 84.3 Å². The van der Waals surface area contributed by atoms with Gasteiger partial charge in [-0.1, -0.05) is 176 Å². The van der Waals surface area contributed by atoms with Crippen LogP contribution in [-0.4, -0.2) is 34.1 Å². The van der Waals surface area contributed by atoms with Gasteiger partial charge in [-0.15, -0.1) is 0 Å². The number of fused-ring (bicyclic) bond motifs is 6. The Balaban J connectivity index is 1.08. The maximum Gasteiger partial charge on any atom is 0.160 e. The molecule has 0 bridgehead atoms. The van der Waals surface area contributed by atoms with Crippen molar-refractivity contribution in [2.24, 2.45) is 0 Å². The molecule has 7 aromatic carbocycles. The fraction of sp³-hybridized carbons (Fsp3) is 0. The Kier molecular flexibility index (Phi) is 9.35. The molecule has 0 saturated heterocycles. The Morgan fingerprint density at radius 2 is 0.603 bits per heavy atom. The summed E-state index contributed by atoms with van der Waals surface area (Å²) < 4.78 is 4.49. The molecule has 0 atom stereocenters. The van der Waals surface area contributed by atoms with Gasteiger partial charge >= 0.3 is 0 Å². The van der Waals surface area contributed by atoms with Crippen molar-refractivity contribution in [2.45, 2.75) is 0 Å². The van der Waals surface area contributed by atoms with E-state index >= 15 is 0 Å². The van der Waals surface area contributed by atoms with Crippen molar-refractivity contribution < 1.29 is 0 Å². The number of nitrogens with zero attached hydrogens (tertiary/aromatic N) is 7. The second-order valence-corrected chi connectivity index (χ2v) is 16.8. The van der Waals surface area contributed by atoms with Gasteiger partial charge in [0.1, 0.15) is 11.6 Å². The van der Waals surface area contributed by atoms with Crippen molar-refractivity contribution in [1.82, 2.24) is 34.1 Å². The molecular weight excluding hydrogens is 831 g/mol. The summed E-state index contributed by atoms with van der Waals surface area (Å²) in [5.74, 6) is 2.24. The Morgan fingerprint density at radius 3 is 1.00 bits per heavy atom. The van der Waals surface area contributed by atoms with Crippen LogP contribution in [0.4, 0.5) is 0 Å². The van der Waals surface area contributed by atoms with E-state index in [1.807, 2.05) is 42.5 Å². The zero-order chi connectivity index (χ0) is 45.0. The summed E-state index contributed by atoms with van der Waals surface area (Å²) in [5.41, 5.74) is 13.4. The molecule has 7 heteroatoms. The van der Waals surface area contributed by atoms with Gasteiger partial charge in [0.25, 0.3) is 0 Å². The van der Waals surface area contributed by atoms with Crippen molar-refractivity contribution in [1.29, 1.82) is 0 Å². The van der Waals surface area contributed by atoms with E-state index < -0.39 is 0 Å². The van der Waals surface area contributed by atoms with Gasteiger partial charge in [0.15, 0.2) is 5.82 Å². The van der Waals surface area contributed by atoms with Gasteiger partial charge in [-0.3, -0.25) is 9.13 Å². The molecule has 0 amide bonds. The van der Waals surface area contributed by atoms with Crippen molar-refractivity contribution in [3.8, 4) is 79.4 Å². The van der Waals surface area contributed by atoms with Crippen LogP contribution in [-0.2, 0) is 0 Å². The third kappa shape index (κ3) is 6.64. The molecule has 0 aliphatic carbocycles. The van der Waals surface area contributed by atoms with Crippen LogP contribution in [0.25, 0.3) is 123 Å². The van der Waals surface area contributed by atoms with Crippen LogP contribution in [0.3, 0.4) is 0 Å². The van der Waals surface area contributed by atoms with Crippen molar-refractivity contribution >= 4 is 43.6 Å². The smallest absolute Gasteiger partial charge is 0.160 e. The molecule has 0 aliphatic rings. The van der Waals surface area contributed by atoms with Gasteiger partial charge in [-0.2, -0.15) is 0 Å². The van der Waals surface area contributed by atoms with Crippen LogP contribution >= 0.6 is 0 Å². The molecule has 0 radical (unpaired) electrons. The molecule has 0 saturated carbocycles. The van der Waals surface area contributed by atoms with Crippen molar-refractivity contribution in [3.63, 3.8) is 0 Å². The molecule has 13 aromatic rings. The van der Waals surface area contributed by atoms with E-state index in [1.54, 1.807) is 0 Å². The summed E-state index contributed by atoms with van der Waals surface area (Å²) in [6.45, 7) is 0. The van der Waals surface area contributed by atoms with Crippen LogP contribution in [0.15, 0.2) is 237 Å². The topological polar surface area (TPSA) is 74.3 Å². The highest BCUT2D eigenvalue weighted by atomic mass is 15.1. The summed E-state index contributed by atoms with van der Waals surface area (Å²) in [5, 5.41) is 4.70. The average Bonchev–Trinajstić information content (AvgIpc) is 3.94. The third-order valence-electron chi connectivity index (χ3n) is 12.8. The third-order valence-corrected chi connectivity index (χ3v) is 12.8. The van der Waals surface area contributed by atoms with E-state index in [4.69, 9.17) is 24.9 Å². The quantitative estimate of drug-likeness (QED) is 0.152. The van der Waals surface area contributed by atoms with Crippen molar-refractivity contribution in [3.05, 3.63) is 237 Å². The van der Waals surface area contributed by atoms with Crippen LogP contribution in [0.1, 0.15) is 0 Å². The van der Waals surface area contributed by atoms with Crippen LogP contribution < -0.4 is 0 Å². The molecule has 6 aromatic heterocycles. The molecule has 0 N–H and O–H groups in total. The summed E-state index contributed by atoms with van der Waals surface area (Å²) in [4.78, 5) is 27.2. The summed E-state index contributed by atoms with van der Waals surface area (Å²) in [7, 11) is 0. The van der Waals surface area contributed by atoms with Gasteiger partial charge < -0.3 is 0 Å². The zero-order valence-electron chi connectivity index (χ0n) is 36.6. The van der Waals surface area contributed by atoms with E-state index in [1.165, 1.54) is 21.5 Å². The number of aromatic nitrogens is 7. The number of para-hydroxylation sites is 4. The molecule has 6 heterocycles. The lowest BCUT2D eigenvalue weighted by Gasteiger charge is -2.18. The van der Waals surface area contributed by atoms with Gasteiger partial charge in [-0.05, 0) is 66.2 Å². The lowest BCUT2D eigenvalue weighted by molar-refractivity contribution is 1.07. The minimum absolute atomic E-state index is 0.641. The SMILES string of the molecule is c1ccc(-c2nc(-c3ccccc3)c(-c3cc(-c4cccc(-n5c6ccccc6c6ccccc65)n4)nc(-c4cccc(-n5c6ccccc6c6ccccc65)n4)c3)c(-c3ccccc3)n2)cc1. The van der Waals surface area contributed by atoms with Crippen LogP contribution in [0.2, 0.25) is 0 Å². The maximum absolute atomic E-state index is 5.48. The van der Waals surface area contributed by atoms with Crippen molar-refractivity contribution in [2.75, 3.05) is 0 Å². The predicted molar refractivity (Wildman–Crippen MR) is 277 cm³/mol. The molecule has 7 nitrogen and oxygen atoms in total. The first-order chi connectivity index (χ1) is 33.7. The molecule has 0 fully saturated rings. The first-order valence-electron chi connectivity index (χ1n) is 22.8. The second kappa shape index (κ2) is 16.3. The minimum atomic E-state index is 0.641. The highest BCUT2D eigenvalue weighted by Crippen LogP contribution is 2.42. The molecular formula is C61H39N7. The lowest BCUT2D eigenvalue weighted by atomic mass is 9.93. The largest absolute Gasteiger partial charge is 0.294 e. The summed E-state index contributed by atoms with van der Waals surface area (Å²) in [6, 6.07) is 81.6. The normalized spacial score (nSPS) is 11.5. The Labute approximate surface area is 392 Å². The first kappa shape index (κ1) is 39.1. The number of hydrogen-bond acceptors (Lipinski definition) is 5. The molecule has 0 spiro atoms. The van der Waals surface area contributed by atoms with E-state index in [9.17, 15) is 0 Å². The minimum Gasteiger partial charge on any atom is -0.294 e. The molecule has 13 rings (SSSR count). The van der Waals surface area contributed by atoms with E-state index in [-0.39, 0.29) is 0 Å². The molecule has 318 valence electrons. The summed E-state index contributed by atoms with van der Waals surface area (Å²) >= 11 is 0. The standard InChI is InChI=1S/C61H39N7/c1-4-20-40(21-5-1)59-58(60(41-22-6-2-7-23-41)66-61(65-59)42-24-8-3-9-25-42)43-38-50(48-30-18-36-56(63-48)67-52-32-14-10-26-44(52)45-27-11-15-33-53(45)67)62-51(39-43)49-31-19-37-57(64-49)68-54-34-16-12-28-46(54)47-29-13-17-35-55(47)68/h1-39H. The second-order valence-electron chi connectivity index (χ2n) is 16.8. The number of rotatable bonds is 8. The highest BCUT2D eigenvalue weighted by Gasteiger charge is 2.23. The predicted octanol–water partition coefficient (Wildman–Crippen LogP) is 14.9. The monoisotopic (exact) mass is 869 g/mol. The lowest BCUT2D eigenvalue weighted by Crippen LogP contribution is -2.03. The van der Waals surface area contributed by atoms with E-state index in [0.29, 0.717) is 17.2 Å². The zero-order valence-corrected chi connectivity index (χ0v) is 36.6. The fourth-order valence-corrected chi connectivity index (χ4v) is 9.72. The number of hydrogen-bond donors (Lipinski definition) is 0. The number of pyridine rings is 3. The first-order valence-corrected chi connectivity index (χ1v) is 22.8. The van der Waals surface area contributed by atoms with E-state index in [2.05, 4.69) is 203 Å².